The van der Waals surface area contributed by atoms with E-state index >= 15 is 0 Å². The molecule has 0 atom stereocenters. The van der Waals surface area contributed by atoms with E-state index in [1.54, 1.807) is 0 Å². The molecule has 0 aromatic heterocycles. The highest BCUT2D eigenvalue weighted by atomic mass is 35.5. The van der Waals surface area contributed by atoms with Crippen LogP contribution in [0.5, 0.6) is 5.75 Å². The fourth-order valence-electron chi connectivity index (χ4n) is 1.06. The lowest BCUT2D eigenvalue weighted by Crippen LogP contribution is -2.07. The standard InChI is InChI=1S/C9H6ClF3O2/c1-4(14)5-2-7(10)6(3-8(5)15)9(11,12)13/h2-3,15H,1H3. The number of halogens is 4. The van der Waals surface area contributed by atoms with E-state index in [0.29, 0.717) is 6.07 Å². The molecule has 1 aromatic rings. The van der Waals surface area contributed by atoms with Crippen LogP contribution in [0.4, 0.5) is 13.2 Å². The Labute approximate surface area is 88.3 Å². The van der Waals surface area contributed by atoms with E-state index in [0.717, 1.165) is 13.0 Å². The zero-order valence-electron chi connectivity index (χ0n) is 7.52. The minimum atomic E-state index is -4.65. The summed E-state index contributed by atoms with van der Waals surface area (Å²) in [6.07, 6.45) is -4.65. The van der Waals surface area contributed by atoms with Crippen LogP contribution in [-0.4, -0.2) is 10.9 Å². The first kappa shape index (κ1) is 11.8. The average molecular weight is 239 g/mol. The second-order valence-corrected chi connectivity index (χ2v) is 3.31. The largest absolute Gasteiger partial charge is 0.507 e. The van der Waals surface area contributed by atoms with Gasteiger partial charge in [0, 0.05) is 0 Å². The fourth-order valence-corrected chi connectivity index (χ4v) is 1.33. The topological polar surface area (TPSA) is 37.3 Å². The number of hydrogen-bond donors (Lipinski definition) is 1. The molecule has 0 saturated carbocycles. The molecule has 15 heavy (non-hydrogen) atoms. The predicted octanol–water partition coefficient (Wildman–Crippen LogP) is 3.27. The molecule has 1 N–H and O–H groups in total. The van der Waals surface area contributed by atoms with Crippen molar-refractivity contribution in [2.75, 3.05) is 0 Å². The van der Waals surface area contributed by atoms with Crippen molar-refractivity contribution >= 4 is 17.4 Å². The third-order valence-corrected chi connectivity index (χ3v) is 2.08. The van der Waals surface area contributed by atoms with Gasteiger partial charge in [0.1, 0.15) is 5.75 Å². The first-order valence-corrected chi connectivity index (χ1v) is 4.22. The number of aromatic hydroxyl groups is 1. The van der Waals surface area contributed by atoms with Crippen LogP contribution in [-0.2, 0) is 6.18 Å². The van der Waals surface area contributed by atoms with Gasteiger partial charge in [-0.15, -0.1) is 0 Å². The summed E-state index contributed by atoms with van der Waals surface area (Å²) in [4.78, 5) is 10.9. The molecule has 0 unspecified atom stereocenters. The van der Waals surface area contributed by atoms with Crippen LogP contribution in [0, 0.1) is 0 Å². The minimum absolute atomic E-state index is 0.229. The molecule has 0 spiro atoms. The molecule has 0 saturated heterocycles. The maximum atomic E-state index is 12.3. The Morgan fingerprint density at radius 2 is 1.93 bits per heavy atom. The van der Waals surface area contributed by atoms with E-state index in [4.69, 9.17) is 11.6 Å². The van der Waals surface area contributed by atoms with Gasteiger partial charge in [0.15, 0.2) is 5.78 Å². The van der Waals surface area contributed by atoms with E-state index < -0.39 is 28.3 Å². The van der Waals surface area contributed by atoms with E-state index in [-0.39, 0.29) is 5.56 Å². The molecule has 0 amide bonds. The van der Waals surface area contributed by atoms with Crippen molar-refractivity contribution in [3.63, 3.8) is 0 Å². The second kappa shape index (κ2) is 3.73. The van der Waals surface area contributed by atoms with E-state index in [2.05, 4.69) is 0 Å². The minimum Gasteiger partial charge on any atom is -0.507 e. The first-order valence-electron chi connectivity index (χ1n) is 3.84. The van der Waals surface area contributed by atoms with E-state index in [1.165, 1.54) is 0 Å². The van der Waals surface area contributed by atoms with Crippen molar-refractivity contribution in [3.8, 4) is 5.75 Å². The maximum absolute atomic E-state index is 12.3. The molecular formula is C9H6ClF3O2. The highest BCUT2D eigenvalue weighted by Gasteiger charge is 2.34. The molecule has 2 nitrogen and oxygen atoms in total. The van der Waals surface area contributed by atoms with Gasteiger partial charge >= 0.3 is 6.18 Å². The summed E-state index contributed by atoms with van der Waals surface area (Å²) in [5.74, 6) is -1.28. The number of carbonyl (C=O) groups excluding carboxylic acids is 1. The number of phenolic OH excluding ortho intramolecular Hbond substituents is 1. The van der Waals surface area contributed by atoms with Crippen molar-refractivity contribution in [2.24, 2.45) is 0 Å². The summed E-state index contributed by atoms with van der Waals surface area (Å²) >= 11 is 5.35. The van der Waals surface area contributed by atoms with Crippen LogP contribution >= 0.6 is 11.6 Å². The number of alkyl halides is 3. The molecule has 1 aromatic carbocycles. The average Bonchev–Trinajstić information content (AvgIpc) is 2.06. The van der Waals surface area contributed by atoms with Gasteiger partial charge in [-0.25, -0.2) is 0 Å². The Bertz CT molecular complexity index is 413. The van der Waals surface area contributed by atoms with Crippen LogP contribution in [0.3, 0.4) is 0 Å². The fraction of sp³-hybridized carbons (Fsp3) is 0.222. The normalized spacial score (nSPS) is 11.5. The molecule has 0 radical (unpaired) electrons. The molecule has 0 heterocycles. The lowest BCUT2D eigenvalue weighted by Gasteiger charge is -2.10. The van der Waals surface area contributed by atoms with Gasteiger partial charge in [0.05, 0.1) is 16.1 Å². The van der Waals surface area contributed by atoms with Gasteiger partial charge in [-0.3, -0.25) is 4.79 Å². The van der Waals surface area contributed by atoms with Crippen LogP contribution in [0.1, 0.15) is 22.8 Å². The quantitative estimate of drug-likeness (QED) is 0.763. The lowest BCUT2D eigenvalue weighted by atomic mass is 10.1. The Morgan fingerprint density at radius 1 is 1.40 bits per heavy atom. The number of benzene rings is 1. The second-order valence-electron chi connectivity index (χ2n) is 2.90. The lowest BCUT2D eigenvalue weighted by molar-refractivity contribution is -0.137. The molecule has 1 rings (SSSR count). The van der Waals surface area contributed by atoms with Crippen molar-refractivity contribution in [1.82, 2.24) is 0 Å². The molecule has 0 aliphatic heterocycles. The summed E-state index contributed by atoms with van der Waals surface area (Å²) < 4.78 is 36.8. The Balaban J connectivity index is 3.39. The van der Waals surface area contributed by atoms with Crippen LogP contribution in [0.2, 0.25) is 5.02 Å². The van der Waals surface area contributed by atoms with Crippen LogP contribution in [0.25, 0.3) is 0 Å². The molecule has 0 aliphatic rings. The maximum Gasteiger partial charge on any atom is 0.417 e. The summed E-state index contributed by atoms with van der Waals surface area (Å²) in [6, 6.07) is 1.25. The van der Waals surface area contributed by atoms with Crippen LogP contribution in [0.15, 0.2) is 12.1 Å². The first-order chi connectivity index (χ1) is 6.73. The number of ketones is 1. The summed E-state index contributed by atoms with van der Waals surface area (Å²) in [6.45, 7) is 1.12. The van der Waals surface area contributed by atoms with Crippen molar-refractivity contribution in [1.29, 1.82) is 0 Å². The summed E-state index contributed by atoms with van der Waals surface area (Å²) in [5, 5.41) is 8.56. The van der Waals surface area contributed by atoms with Crippen LogP contribution < -0.4 is 0 Å². The zero-order chi connectivity index (χ0) is 11.8. The van der Waals surface area contributed by atoms with Crippen molar-refractivity contribution in [2.45, 2.75) is 13.1 Å². The summed E-state index contributed by atoms with van der Waals surface area (Å²) in [5.41, 5.74) is -1.39. The van der Waals surface area contributed by atoms with E-state index in [1.807, 2.05) is 0 Å². The molecule has 0 aliphatic carbocycles. The Kier molecular flexibility index (Phi) is 2.95. The monoisotopic (exact) mass is 238 g/mol. The van der Waals surface area contributed by atoms with E-state index in [9.17, 15) is 23.1 Å². The number of rotatable bonds is 1. The SMILES string of the molecule is CC(=O)c1cc(Cl)c(C(F)(F)F)cc1O. The van der Waals surface area contributed by atoms with Gasteiger partial charge in [-0.1, -0.05) is 11.6 Å². The number of phenols is 1. The Hall–Kier alpha value is -1.23. The molecular weight excluding hydrogens is 233 g/mol. The highest BCUT2D eigenvalue weighted by Crippen LogP contribution is 2.38. The van der Waals surface area contributed by atoms with Gasteiger partial charge < -0.3 is 5.11 Å². The molecule has 6 heteroatoms. The molecule has 82 valence electrons. The van der Waals surface area contributed by atoms with Gasteiger partial charge in [0.25, 0.3) is 0 Å². The third kappa shape index (κ3) is 2.41. The van der Waals surface area contributed by atoms with Crippen molar-refractivity contribution < 1.29 is 23.1 Å². The predicted molar refractivity (Wildman–Crippen MR) is 48.1 cm³/mol. The molecule has 0 fully saturated rings. The van der Waals surface area contributed by atoms with Crippen molar-refractivity contribution in [3.05, 3.63) is 28.3 Å². The number of hydrogen-bond acceptors (Lipinski definition) is 2. The zero-order valence-corrected chi connectivity index (χ0v) is 8.28. The van der Waals surface area contributed by atoms with Gasteiger partial charge in [0.2, 0.25) is 0 Å². The summed E-state index contributed by atoms with van der Waals surface area (Å²) in [7, 11) is 0. The highest BCUT2D eigenvalue weighted by molar-refractivity contribution is 6.32. The third-order valence-electron chi connectivity index (χ3n) is 1.77. The van der Waals surface area contributed by atoms with Gasteiger partial charge in [-0.05, 0) is 19.1 Å². The van der Waals surface area contributed by atoms with Gasteiger partial charge in [-0.2, -0.15) is 13.2 Å². The smallest absolute Gasteiger partial charge is 0.417 e. The number of carbonyl (C=O) groups is 1. The Morgan fingerprint density at radius 3 is 2.33 bits per heavy atom. The molecule has 0 bridgehead atoms. The number of Topliss-reactive ketones (excluding diaryl/α,β-unsaturated/α-hetero) is 1.